The molecule has 3 heteroatoms. The fraction of sp³-hybridized carbons (Fsp3) is 0.167. The lowest BCUT2D eigenvalue weighted by Gasteiger charge is -1.86. The monoisotopic (exact) mass is 130 g/mol. The molecule has 0 bridgehead atoms. The van der Waals surface area contributed by atoms with E-state index in [-0.39, 0.29) is 11.4 Å². The summed E-state index contributed by atoms with van der Waals surface area (Å²) < 4.78 is 4.32. The smallest absolute Gasteiger partial charge is 0.335 e. The van der Waals surface area contributed by atoms with Crippen molar-refractivity contribution in [3.8, 4) is 0 Å². The molecule has 0 amide bonds. The summed E-state index contributed by atoms with van der Waals surface area (Å²) in [6.45, 7) is 4.95. The summed E-state index contributed by atoms with van der Waals surface area (Å²) in [5, 5.41) is 0. The summed E-state index contributed by atoms with van der Waals surface area (Å²) in [5.74, 6) is -0.387. The normalized spacial score (nSPS) is 8.11. The number of rotatable bonds is 2. The van der Waals surface area contributed by atoms with Gasteiger partial charge in [-0.05, 0) is 6.92 Å². The molecule has 0 saturated carbocycles. The molecule has 0 saturated heterocycles. The van der Waals surface area contributed by atoms with Gasteiger partial charge in [0.2, 0.25) is 0 Å². The van der Waals surface area contributed by atoms with Gasteiger partial charge in [0.1, 0.15) is 0 Å². The van der Waals surface area contributed by atoms with Crippen molar-refractivity contribution in [2.75, 3.05) is 0 Å². The second kappa shape index (κ2) is 6.91. The van der Waals surface area contributed by atoms with Crippen LogP contribution in [0.4, 0.5) is 0 Å². The van der Waals surface area contributed by atoms with Crippen molar-refractivity contribution in [2.24, 2.45) is 0 Å². The molecule has 0 heterocycles. The summed E-state index contributed by atoms with van der Waals surface area (Å²) in [6.07, 6.45) is 4.02. The van der Waals surface area contributed by atoms with Crippen molar-refractivity contribution >= 4 is 5.97 Å². The van der Waals surface area contributed by atoms with Gasteiger partial charge in [-0.3, -0.25) is 0 Å². The lowest BCUT2D eigenvalue weighted by Crippen LogP contribution is -1.91. The van der Waals surface area contributed by atoms with Crippen molar-refractivity contribution < 1.29 is 15.0 Å². The first kappa shape index (κ1) is 10.8. The van der Waals surface area contributed by atoms with E-state index in [2.05, 4.69) is 11.3 Å². The molecule has 0 unspecified atom stereocenters. The van der Waals surface area contributed by atoms with Gasteiger partial charge in [-0.25, -0.2) is 4.79 Å². The molecule has 0 radical (unpaired) electrons. The third-order valence-corrected chi connectivity index (χ3v) is 0.502. The molecule has 3 nitrogen and oxygen atoms in total. The van der Waals surface area contributed by atoms with Gasteiger partial charge in [-0.2, -0.15) is 0 Å². The van der Waals surface area contributed by atoms with E-state index >= 15 is 0 Å². The average Bonchev–Trinajstić information content (AvgIpc) is 1.68. The first-order valence-corrected chi connectivity index (χ1v) is 2.25. The van der Waals surface area contributed by atoms with Crippen LogP contribution in [0.2, 0.25) is 0 Å². The summed E-state index contributed by atoms with van der Waals surface area (Å²) in [7, 11) is 0. The van der Waals surface area contributed by atoms with Gasteiger partial charge in [-0.1, -0.05) is 12.7 Å². The summed E-state index contributed by atoms with van der Waals surface area (Å²) in [6, 6.07) is 0. The maximum absolute atomic E-state index is 10.3. The van der Waals surface area contributed by atoms with Gasteiger partial charge in [0.15, 0.2) is 0 Å². The Morgan fingerprint density at radius 1 is 1.67 bits per heavy atom. The first-order valence-electron chi connectivity index (χ1n) is 2.25. The zero-order valence-electron chi connectivity index (χ0n) is 5.26. The Bertz CT molecular complexity index is 115. The molecular formula is C6H10O3. The van der Waals surface area contributed by atoms with E-state index in [1.54, 1.807) is 13.0 Å². The van der Waals surface area contributed by atoms with Crippen LogP contribution in [-0.2, 0) is 9.53 Å². The summed E-state index contributed by atoms with van der Waals surface area (Å²) >= 11 is 0. The van der Waals surface area contributed by atoms with Crippen LogP contribution in [0.1, 0.15) is 6.92 Å². The highest BCUT2D eigenvalue weighted by molar-refractivity contribution is 5.82. The van der Waals surface area contributed by atoms with Crippen molar-refractivity contribution in [3.63, 3.8) is 0 Å². The predicted octanol–water partition coefficient (Wildman–Crippen LogP) is 0.424. The van der Waals surface area contributed by atoms with Crippen molar-refractivity contribution in [2.45, 2.75) is 6.92 Å². The lowest BCUT2D eigenvalue weighted by atomic mass is 10.5. The lowest BCUT2D eigenvalue weighted by molar-refractivity contribution is -0.132. The van der Waals surface area contributed by atoms with E-state index in [4.69, 9.17) is 0 Å². The number of ether oxygens (including phenoxy) is 1. The molecule has 0 aromatic rings. The molecule has 0 fully saturated rings. The SMILES string of the molecule is C=COC(=O)C=CC.O. The fourth-order valence-electron chi connectivity index (χ4n) is 0.257. The molecule has 52 valence electrons. The van der Waals surface area contributed by atoms with Gasteiger partial charge in [0.05, 0.1) is 6.26 Å². The highest BCUT2D eigenvalue weighted by Gasteiger charge is 1.86. The van der Waals surface area contributed by atoms with Crippen molar-refractivity contribution in [1.82, 2.24) is 0 Å². The molecule has 0 aliphatic rings. The van der Waals surface area contributed by atoms with Gasteiger partial charge < -0.3 is 10.2 Å². The summed E-state index contributed by atoms with van der Waals surface area (Å²) in [5.41, 5.74) is 0. The second-order valence-corrected chi connectivity index (χ2v) is 1.10. The van der Waals surface area contributed by atoms with Gasteiger partial charge in [-0.15, -0.1) is 0 Å². The molecule has 0 aromatic heterocycles. The molecule has 2 N–H and O–H groups in total. The topological polar surface area (TPSA) is 57.8 Å². The summed E-state index contributed by atoms with van der Waals surface area (Å²) in [4.78, 5) is 10.3. The number of hydrogen-bond acceptors (Lipinski definition) is 2. The molecule has 0 atom stereocenters. The Labute approximate surface area is 53.9 Å². The highest BCUT2D eigenvalue weighted by atomic mass is 16.5. The minimum absolute atomic E-state index is 0. The van der Waals surface area contributed by atoms with E-state index < -0.39 is 0 Å². The molecule has 9 heavy (non-hydrogen) atoms. The number of allylic oxidation sites excluding steroid dienone is 1. The number of esters is 1. The van der Waals surface area contributed by atoms with Crippen LogP contribution in [0.5, 0.6) is 0 Å². The Morgan fingerprint density at radius 3 is 2.56 bits per heavy atom. The van der Waals surface area contributed by atoms with Crippen LogP contribution in [0, 0.1) is 0 Å². The van der Waals surface area contributed by atoms with Gasteiger partial charge in [0, 0.05) is 6.08 Å². The molecular weight excluding hydrogens is 120 g/mol. The average molecular weight is 130 g/mol. The van der Waals surface area contributed by atoms with Crippen LogP contribution in [0.3, 0.4) is 0 Å². The Balaban J connectivity index is 0. The van der Waals surface area contributed by atoms with Crippen molar-refractivity contribution in [3.05, 3.63) is 25.0 Å². The maximum atomic E-state index is 10.3. The molecule has 0 aliphatic carbocycles. The van der Waals surface area contributed by atoms with Gasteiger partial charge >= 0.3 is 5.97 Å². The molecule has 0 aliphatic heterocycles. The highest BCUT2D eigenvalue weighted by Crippen LogP contribution is 1.78. The van der Waals surface area contributed by atoms with E-state index in [1.807, 2.05) is 0 Å². The van der Waals surface area contributed by atoms with E-state index in [0.29, 0.717) is 0 Å². The van der Waals surface area contributed by atoms with Crippen molar-refractivity contribution in [1.29, 1.82) is 0 Å². The maximum Gasteiger partial charge on any atom is 0.335 e. The third kappa shape index (κ3) is 6.91. The molecule has 0 spiro atoms. The Hall–Kier alpha value is -1.09. The number of carbonyl (C=O) groups excluding carboxylic acids is 1. The largest absolute Gasteiger partial charge is 0.432 e. The predicted molar refractivity (Wildman–Crippen MR) is 34.7 cm³/mol. The van der Waals surface area contributed by atoms with Crippen LogP contribution >= 0.6 is 0 Å². The third-order valence-electron chi connectivity index (χ3n) is 0.502. The Morgan fingerprint density at radius 2 is 2.22 bits per heavy atom. The molecule has 0 rings (SSSR count). The minimum Gasteiger partial charge on any atom is -0.432 e. The number of carbonyl (C=O) groups is 1. The van der Waals surface area contributed by atoms with Crippen LogP contribution in [-0.4, -0.2) is 11.4 Å². The van der Waals surface area contributed by atoms with E-state index in [9.17, 15) is 4.79 Å². The zero-order chi connectivity index (χ0) is 6.41. The Kier molecular flexibility index (Phi) is 8.30. The number of hydrogen-bond donors (Lipinski definition) is 0. The minimum atomic E-state index is -0.387. The zero-order valence-corrected chi connectivity index (χ0v) is 5.26. The van der Waals surface area contributed by atoms with Gasteiger partial charge in [0.25, 0.3) is 0 Å². The van der Waals surface area contributed by atoms with Crippen LogP contribution in [0.15, 0.2) is 25.0 Å². The second-order valence-electron chi connectivity index (χ2n) is 1.10. The fourth-order valence-corrected chi connectivity index (χ4v) is 0.257. The van der Waals surface area contributed by atoms with E-state index in [0.717, 1.165) is 6.26 Å². The van der Waals surface area contributed by atoms with Crippen LogP contribution in [0.25, 0.3) is 0 Å². The quantitative estimate of drug-likeness (QED) is 0.309. The van der Waals surface area contributed by atoms with E-state index in [1.165, 1.54) is 6.08 Å². The van der Waals surface area contributed by atoms with Crippen LogP contribution < -0.4 is 0 Å². The first-order chi connectivity index (χ1) is 3.81. The standard InChI is InChI=1S/C6H8O2.H2O/c1-3-5-6(7)8-4-2;/h3-5H,2H2,1H3;1H2. The molecule has 0 aromatic carbocycles.